The Morgan fingerprint density at radius 2 is 1.50 bits per heavy atom. The predicted molar refractivity (Wildman–Crippen MR) is 80.3 cm³/mol. The number of carbonyl (C=O) groups excluding carboxylic acids is 2. The van der Waals surface area contributed by atoms with Crippen molar-refractivity contribution in [2.24, 2.45) is 0 Å². The van der Waals surface area contributed by atoms with Gasteiger partial charge in [-0.3, -0.25) is 9.59 Å². The lowest BCUT2D eigenvalue weighted by atomic mass is 10.1. The van der Waals surface area contributed by atoms with Crippen LogP contribution in [0.2, 0.25) is 5.02 Å². The molecule has 1 aliphatic rings. The molecule has 0 aromatic heterocycles. The first kappa shape index (κ1) is 14.7. The highest BCUT2D eigenvalue weighted by Gasteiger charge is 2.43. The van der Waals surface area contributed by atoms with Crippen LogP contribution in [0, 0.1) is 6.92 Å². The van der Waals surface area contributed by atoms with Gasteiger partial charge >= 0.3 is 0 Å². The molecule has 7 heteroatoms. The van der Waals surface area contributed by atoms with Crippen molar-refractivity contribution in [2.45, 2.75) is 11.8 Å². The first-order valence-electron chi connectivity index (χ1n) is 6.33. The number of sulfonamides is 1. The number of fused-ring (bicyclic) bond motifs is 1. The maximum absolute atomic E-state index is 12.6. The number of hydrogen-bond acceptors (Lipinski definition) is 4. The number of halogens is 1. The van der Waals surface area contributed by atoms with Crippen molar-refractivity contribution in [3.05, 3.63) is 64.2 Å². The second kappa shape index (κ2) is 4.93. The third-order valence-corrected chi connectivity index (χ3v) is 5.51. The summed E-state index contributed by atoms with van der Waals surface area (Å²) in [5, 5.41) is 0.248. The molecule has 0 radical (unpaired) electrons. The molecule has 0 saturated carbocycles. The summed E-state index contributed by atoms with van der Waals surface area (Å²) in [6, 6.07) is 10.1. The normalized spacial score (nSPS) is 14.4. The minimum Gasteiger partial charge on any atom is -0.267 e. The van der Waals surface area contributed by atoms with Gasteiger partial charge in [-0.05, 0) is 36.8 Å². The smallest absolute Gasteiger partial charge is 0.267 e. The van der Waals surface area contributed by atoms with E-state index in [1.54, 1.807) is 19.1 Å². The predicted octanol–water partition coefficient (Wildman–Crippen LogP) is 2.63. The Morgan fingerprint density at radius 3 is 2.00 bits per heavy atom. The Balaban J connectivity index is 2.13. The third-order valence-electron chi connectivity index (χ3n) is 3.44. The average Bonchev–Trinajstić information content (AvgIpc) is 2.74. The molecule has 0 saturated heterocycles. The highest BCUT2D eigenvalue weighted by molar-refractivity contribution is 7.90. The highest BCUT2D eigenvalue weighted by atomic mass is 35.5. The number of rotatable bonds is 2. The molecule has 0 atom stereocenters. The number of hydrogen-bond donors (Lipinski definition) is 0. The van der Waals surface area contributed by atoms with Crippen LogP contribution >= 0.6 is 11.6 Å². The number of nitrogens with zero attached hydrogens (tertiary/aromatic N) is 1. The van der Waals surface area contributed by atoms with Crippen molar-refractivity contribution in [1.29, 1.82) is 0 Å². The van der Waals surface area contributed by atoms with Gasteiger partial charge in [-0.1, -0.05) is 29.8 Å². The van der Waals surface area contributed by atoms with E-state index >= 15 is 0 Å². The molecule has 0 bridgehead atoms. The zero-order valence-corrected chi connectivity index (χ0v) is 13.0. The summed E-state index contributed by atoms with van der Waals surface area (Å²) < 4.78 is 25.5. The maximum Gasteiger partial charge on any atom is 0.275 e. The van der Waals surface area contributed by atoms with E-state index in [1.165, 1.54) is 30.3 Å². The van der Waals surface area contributed by atoms with Gasteiger partial charge in [0.25, 0.3) is 21.8 Å². The molecule has 0 unspecified atom stereocenters. The lowest BCUT2D eigenvalue weighted by Crippen LogP contribution is -2.36. The average molecular weight is 336 g/mol. The quantitative estimate of drug-likeness (QED) is 0.791. The molecular weight excluding hydrogens is 326 g/mol. The van der Waals surface area contributed by atoms with Crippen molar-refractivity contribution in [3.63, 3.8) is 0 Å². The second-order valence-corrected chi connectivity index (χ2v) is 7.03. The number of benzene rings is 2. The van der Waals surface area contributed by atoms with Gasteiger partial charge < -0.3 is 0 Å². The van der Waals surface area contributed by atoms with Gasteiger partial charge in [0.1, 0.15) is 0 Å². The number of imide groups is 1. The first-order chi connectivity index (χ1) is 10.3. The zero-order chi connectivity index (χ0) is 16.1. The number of aryl methyl sites for hydroxylation is 1. The van der Waals surface area contributed by atoms with Crippen molar-refractivity contribution < 1.29 is 18.0 Å². The lowest BCUT2D eigenvalue weighted by molar-refractivity contribution is 0.0765. The monoisotopic (exact) mass is 335 g/mol. The number of carbonyl (C=O) groups is 2. The Labute approximate surface area is 132 Å². The molecule has 112 valence electrons. The van der Waals surface area contributed by atoms with Gasteiger partial charge in [0.15, 0.2) is 0 Å². The minimum atomic E-state index is -4.29. The van der Waals surface area contributed by atoms with E-state index in [9.17, 15) is 18.0 Å². The Hall–Kier alpha value is -2.18. The van der Waals surface area contributed by atoms with E-state index in [-0.39, 0.29) is 21.0 Å². The molecule has 22 heavy (non-hydrogen) atoms. The molecule has 2 aromatic rings. The van der Waals surface area contributed by atoms with Crippen molar-refractivity contribution in [3.8, 4) is 0 Å². The number of amides is 2. The fraction of sp³-hybridized carbons (Fsp3) is 0.0667. The molecular formula is C15H10ClNO4S. The summed E-state index contributed by atoms with van der Waals surface area (Å²) in [6.45, 7) is 1.72. The molecule has 2 aromatic carbocycles. The van der Waals surface area contributed by atoms with Crippen molar-refractivity contribution >= 4 is 33.4 Å². The minimum absolute atomic E-state index is 0.0780. The molecule has 0 aliphatic carbocycles. The van der Waals surface area contributed by atoms with E-state index in [4.69, 9.17) is 11.6 Å². The first-order valence-corrected chi connectivity index (χ1v) is 8.15. The van der Waals surface area contributed by atoms with Crippen LogP contribution in [0.4, 0.5) is 0 Å². The molecule has 0 fully saturated rings. The Kier molecular flexibility index (Phi) is 3.30. The molecule has 1 aliphatic heterocycles. The van der Waals surface area contributed by atoms with Crippen LogP contribution in [0.3, 0.4) is 0 Å². The lowest BCUT2D eigenvalue weighted by Gasteiger charge is -2.15. The SMILES string of the molecule is Cc1ccc(S(=O)(=O)N2C(=O)c3ccccc3C2=O)cc1Cl. The summed E-state index contributed by atoms with van der Waals surface area (Å²) in [5.41, 5.74) is 0.853. The van der Waals surface area contributed by atoms with Crippen LogP contribution in [-0.2, 0) is 10.0 Å². The summed E-state index contributed by atoms with van der Waals surface area (Å²) in [7, 11) is -4.29. The largest absolute Gasteiger partial charge is 0.275 e. The molecule has 0 spiro atoms. The summed E-state index contributed by atoms with van der Waals surface area (Å²) in [5.74, 6) is -1.70. The van der Waals surface area contributed by atoms with Crippen molar-refractivity contribution in [1.82, 2.24) is 4.31 Å². The van der Waals surface area contributed by atoms with E-state index in [0.29, 0.717) is 9.87 Å². The van der Waals surface area contributed by atoms with E-state index in [2.05, 4.69) is 0 Å². The van der Waals surface area contributed by atoms with Crippen LogP contribution in [0.15, 0.2) is 47.4 Å². The molecule has 5 nitrogen and oxygen atoms in total. The van der Waals surface area contributed by atoms with Gasteiger partial charge in [-0.2, -0.15) is 4.31 Å². The molecule has 1 heterocycles. The topological polar surface area (TPSA) is 71.5 Å². The van der Waals surface area contributed by atoms with E-state index in [1.807, 2.05) is 0 Å². The van der Waals surface area contributed by atoms with Gasteiger partial charge in [-0.25, -0.2) is 8.42 Å². The van der Waals surface area contributed by atoms with E-state index < -0.39 is 21.8 Å². The maximum atomic E-state index is 12.6. The van der Waals surface area contributed by atoms with Crippen LogP contribution in [0.25, 0.3) is 0 Å². The second-order valence-electron chi connectivity index (χ2n) is 4.84. The van der Waals surface area contributed by atoms with Gasteiger partial charge in [-0.15, -0.1) is 0 Å². The van der Waals surface area contributed by atoms with Gasteiger partial charge in [0.05, 0.1) is 16.0 Å². The van der Waals surface area contributed by atoms with Gasteiger partial charge in [0, 0.05) is 5.02 Å². The van der Waals surface area contributed by atoms with Crippen LogP contribution in [0.5, 0.6) is 0 Å². The van der Waals surface area contributed by atoms with Gasteiger partial charge in [0.2, 0.25) is 0 Å². The fourth-order valence-corrected chi connectivity index (χ4v) is 3.82. The van der Waals surface area contributed by atoms with Crippen molar-refractivity contribution in [2.75, 3.05) is 0 Å². The Bertz CT molecular complexity index is 886. The zero-order valence-electron chi connectivity index (χ0n) is 11.4. The molecule has 3 rings (SSSR count). The van der Waals surface area contributed by atoms with E-state index in [0.717, 1.165) is 0 Å². The van der Waals surface area contributed by atoms with Crippen LogP contribution in [-0.4, -0.2) is 24.5 Å². The summed E-state index contributed by atoms with van der Waals surface area (Å²) >= 11 is 5.94. The van der Waals surface area contributed by atoms with Crippen LogP contribution < -0.4 is 0 Å². The fourth-order valence-electron chi connectivity index (χ4n) is 2.22. The molecule has 0 N–H and O–H groups in total. The summed E-state index contributed by atoms with van der Waals surface area (Å²) in [6.07, 6.45) is 0. The standard InChI is InChI=1S/C15H10ClNO4S/c1-9-6-7-10(8-13(9)16)22(20,21)17-14(18)11-4-2-3-5-12(11)15(17)19/h2-8H,1H3. The highest BCUT2D eigenvalue weighted by Crippen LogP contribution is 2.30. The third kappa shape index (κ3) is 2.03. The van der Waals surface area contributed by atoms with Crippen LogP contribution in [0.1, 0.15) is 26.3 Å². The molecule has 2 amide bonds. The Morgan fingerprint density at radius 1 is 0.955 bits per heavy atom. The summed E-state index contributed by atoms with van der Waals surface area (Å²) in [4.78, 5) is 24.3.